The van der Waals surface area contributed by atoms with Gasteiger partial charge in [-0.25, -0.2) is 4.79 Å². The lowest BCUT2D eigenvalue weighted by molar-refractivity contribution is 0.0696. The molecule has 0 saturated carbocycles. The van der Waals surface area contributed by atoms with Crippen LogP contribution in [-0.2, 0) is 6.54 Å². The number of fused-ring (bicyclic) bond motifs is 1. The van der Waals surface area contributed by atoms with Crippen LogP contribution in [0, 0.1) is 12.3 Å². The van der Waals surface area contributed by atoms with Gasteiger partial charge in [-0.05, 0) is 54.4 Å². The smallest absolute Gasteiger partial charge is 0.336 e. The molecule has 6 heteroatoms. The Morgan fingerprint density at radius 2 is 1.84 bits per heavy atom. The first-order chi connectivity index (χ1) is 14.9. The highest BCUT2D eigenvalue weighted by atomic mass is 16.5. The van der Waals surface area contributed by atoms with Crippen molar-refractivity contribution in [2.24, 2.45) is 5.73 Å². The predicted molar refractivity (Wildman–Crippen MR) is 122 cm³/mol. The Balaban J connectivity index is 1.86. The number of aromatic nitrogens is 1. The number of nitrogens with one attached hydrogen (secondary N) is 1. The van der Waals surface area contributed by atoms with Crippen LogP contribution in [0.5, 0.6) is 5.75 Å². The summed E-state index contributed by atoms with van der Waals surface area (Å²) in [6.45, 7) is 2.32. The van der Waals surface area contributed by atoms with E-state index in [-0.39, 0.29) is 11.4 Å². The van der Waals surface area contributed by atoms with Crippen LogP contribution < -0.4 is 10.5 Å². The molecule has 0 spiro atoms. The van der Waals surface area contributed by atoms with Gasteiger partial charge >= 0.3 is 5.97 Å². The molecule has 0 unspecified atom stereocenters. The van der Waals surface area contributed by atoms with Gasteiger partial charge < -0.3 is 20.1 Å². The normalized spacial score (nSPS) is 10.9. The van der Waals surface area contributed by atoms with E-state index in [0.717, 1.165) is 22.0 Å². The van der Waals surface area contributed by atoms with Crippen LogP contribution in [0.2, 0.25) is 0 Å². The molecule has 4 rings (SSSR count). The van der Waals surface area contributed by atoms with E-state index in [2.05, 4.69) is 0 Å². The van der Waals surface area contributed by atoms with Gasteiger partial charge in [0.2, 0.25) is 0 Å². The number of nitrogens with two attached hydrogens (primary N) is 1. The number of nitrogen functional groups attached to an aromatic ring is 1. The molecule has 4 N–H and O–H groups in total. The van der Waals surface area contributed by atoms with Crippen LogP contribution in [0.4, 0.5) is 0 Å². The molecule has 3 aromatic carbocycles. The van der Waals surface area contributed by atoms with Crippen molar-refractivity contribution in [2.45, 2.75) is 13.5 Å². The third-order valence-electron chi connectivity index (χ3n) is 5.48. The number of carbonyl (C=O) groups is 1. The fourth-order valence-electron chi connectivity index (χ4n) is 3.87. The highest BCUT2D eigenvalue weighted by molar-refractivity contribution is 5.99. The number of ether oxygens (including phenoxy) is 1. The van der Waals surface area contributed by atoms with Gasteiger partial charge in [0.1, 0.15) is 11.6 Å². The van der Waals surface area contributed by atoms with E-state index in [1.165, 1.54) is 0 Å². The first-order valence-corrected chi connectivity index (χ1v) is 9.82. The average Bonchev–Trinajstić information content (AvgIpc) is 3.15. The average molecular weight is 413 g/mol. The SMILES string of the molecule is COc1ccc(-c2ccc(C)cc2)c(C(=O)O)c1Cn1ccc2cc(C(=N)N)ccc21. The van der Waals surface area contributed by atoms with Gasteiger partial charge in [0, 0.05) is 28.2 Å². The molecule has 0 saturated heterocycles. The van der Waals surface area contributed by atoms with Crippen LogP contribution in [0.3, 0.4) is 0 Å². The van der Waals surface area contributed by atoms with Gasteiger partial charge in [-0.3, -0.25) is 5.41 Å². The van der Waals surface area contributed by atoms with E-state index in [1.807, 2.05) is 66.2 Å². The van der Waals surface area contributed by atoms with Crippen molar-refractivity contribution >= 4 is 22.7 Å². The van der Waals surface area contributed by atoms with Crippen LogP contribution in [0.25, 0.3) is 22.0 Å². The predicted octanol–water partition coefficient (Wildman–Crippen LogP) is 4.66. The Labute approximate surface area is 180 Å². The molecule has 1 heterocycles. The standard InChI is InChI=1S/C25H23N3O3/c1-15-3-5-16(6-4-15)19-8-10-22(31-2)20(23(19)25(29)30)14-28-12-11-17-13-18(24(26)27)7-9-21(17)28/h3-13H,14H2,1-2H3,(H3,26,27)(H,29,30). The second-order valence-corrected chi connectivity index (χ2v) is 7.47. The fraction of sp³-hybridized carbons (Fsp3) is 0.120. The lowest BCUT2D eigenvalue weighted by Crippen LogP contribution is -2.11. The Kier molecular flexibility index (Phi) is 5.21. The van der Waals surface area contributed by atoms with E-state index in [1.54, 1.807) is 19.2 Å². The van der Waals surface area contributed by atoms with Crippen molar-refractivity contribution in [3.63, 3.8) is 0 Å². The van der Waals surface area contributed by atoms with Crippen molar-refractivity contribution in [3.05, 3.63) is 89.1 Å². The third-order valence-corrected chi connectivity index (χ3v) is 5.48. The summed E-state index contributed by atoms with van der Waals surface area (Å²) in [5.74, 6) is -0.467. The molecule has 6 nitrogen and oxygen atoms in total. The summed E-state index contributed by atoms with van der Waals surface area (Å²) in [7, 11) is 1.54. The molecule has 0 bridgehead atoms. The number of methoxy groups -OCH3 is 1. The summed E-state index contributed by atoms with van der Waals surface area (Å²) in [5, 5.41) is 18.7. The lowest BCUT2D eigenvalue weighted by atomic mass is 9.94. The quantitative estimate of drug-likeness (QED) is 0.316. The van der Waals surface area contributed by atoms with Gasteiger partial charge in [-0.15, -0.1) is 0 Å². The van der Waals surface area contributed by atoms with Crippen molar-refractivity contribution in [1.82, 2.24) is 4.57 Å². The molecule has 0 atom stereocenters. The summed E-state index contributed by atoms with van der Waals surface area (Å²) in [6.07, 6.45) is 1.90. The molecule has 4 aromatic rings. The number of aryl methyl sites for hydroxylation is 1. The maximum Gasteiger partial charge on any atom is 0.336 e. The summed E-state index contributed by atoms with van der Waals surface area (Å²) in [5.41, 5.74) is 10.6. The minimum absolute atomic E-state index is 0.00952. The highest BCUT2D eigenvalue weighted by Gasteiger charge is 2.21. The number of hydrogen-bond donors (Lipinski definition) is 3. The molecule has 0 fully saturated rings. The largest absolute Gasteiger partial charge is 0.496 e. The Morgan fingerprint density at radius 1 is 1.10 bits per heavy atom. The zero-order valence-corrected chi connectivity index (χ0v) is 17.3. The maximum absolute atomic E-state index is 12.4. The summed E-state index contributed by atoms with van der Waals surface area (Å²) < 4.78 is 7.51. The number of amidine groups is 1. The Morgan fingerprint density at radius 3 is 2.48 bits per heavy atom. The first-order valence-electron chi connectivity index (χ1n) is 9.82. The zero-order valence-electron chi connectivity index (χ0n) is 17.3. The summed E-state index contributed by atoms with van der Waals surface area (Å²) in [4.78, 5) is 12.4. The number of hydrogen-bond acceptors (Lipinski definition) is 3. The number of aromatic carboxylic acids is 1. The minimum Gasteiger partial charge on any atom is -0.496 e. The molecule has 0 radical (unpaired) electrons. The minimum atomic E-state index is -1.00. The van der Waals surface area contributed by atoms with Crippen LogP contribution in [0.15, 0.2) is 66.9 Å². The van der Waals surface area contributed by atoms with E-state index in [9.17, 15) is 9.90 Å². The molecule has 0 aliphatic carbocycles. The van der Waals surface area contributed by atoms with Crippen molar-refractivity contribution < 1.29 is 14.6 Å². The number of benzene rings is 3. The Hall–Kier alpha value is -4.06. The third kappa shape index (κ3) is 3.75. The molecule has 31 heavy (non-hydrogen) atoms. The van der Waals surface area contributed by atoms with Crippen molar-refractivity contribution in [3.8, 4) is 16.9 Å². The van der Waals surface area contributed by atoms with E-state index >= 15 is 0 Å². The van der Waals surface area contributed by atoms with Crippen molar-refractivity contribution in [1.29, 1.82) is 5.41 Å². The molecule has 0 aliphatic rings. The van der Waals surface area contributed by atoms with Crippen LogP contribution in [0.1, 0.15) is 27.0 Å². The van der Waals surface area contributed by atoms with Crippen molar-refractivity contribution in [2.75, 3.05) is 7.11 Å². The molecule has 0 aliphatic heterocycles. The molecule has 1 aromatic heterocycles. The zero-order chi connectivity index (χ0) is 22.1. The van der Waals surface area contributed by atoms with E-state index in [4.69, 9.17) is 15.9 Å². The second-order valence-electron chi connectivity index (χ2n) is 7.47. The topological polar surface area (TPSA) is 101 Å². The number of nitrogens with zero attached hydrogens (tertiary/aromatic N) is 1. The van der Waals surface area contributed by atoms with E-state index < -0.39 is 5.97 Å². The van der Waals surface area contributed by atoms with Crippen LogP contribution >= 0.6 is 0 Å². The summed E-state index contributed by atoms with van der Waals surface area (Å²) >= 11 is 0. The lowest BCUT2D eigenvalue weighted by Gasteiger charge is -2.17. The maximum atomic E-state index is 12.4. The molecule has 0 amide bonds. The van der Waals surface area contributed by atoms with Gasteiger partial charge in [0.05, 0.1) is 19.2 Å². The van der Waals surface area contributed by atoms with Gasteiger partial charge in [-0.2, -0.15) is 0 Å². The second kappa shape index (κ2) is 7.99. The molecular weight excluding hydrogens is 390 g/mol. The molecule has 156 valence electrons. The fourth-order valence-corrected chi connectivity index (χ4v) is 3.87. The highest BCUT2D eigenvalue weighted by Crippen LogP contribution is 2.34. The van der Waals surface area contributed by atoms with Gasteiger partial charge in [0.25, 0.3) is 0 Å². The number of carboxylic acid groups (broad SMARTS) is 1. The molecular formula is C25H23N3O3. The monoisotopic (exact) mass is 413 g/mol. The first kappa shape index (κ1) is 20.2. The number of rotatable bonds is 6. The Bertz CT molecular complexity index is 1300. The van der Waals surface area contributed by atoms with Crippen LogP contribution in [-0.4, -0.2) is 28.6 Å². The summed E-state index contributed by atoms with van der Waals surface area (Å²) in [6, 6.07) is 18.9. The number of carboxylic acids is 1. The van der Waals surface area contributed by atoms with E-state index in [0.29, 0.717) is 29.0 Å². The van der Waals surface area contributed by atoms with Gasteiger partial charge in [-0.1, -0.05) is 29.8 Å². The van der Waals surface area contributed by atoms with Gasteiger partial charge in [0.15, 0.2) is 0 Å².